The van der Waals surface area contributed by atoms with Crippen molar-refractivity contribution in [3.63, 3.8) is 0 Å². The third-order valence-electron chi connectivity index (χ3n) is 16.8. The predicted molar refractivity (Wildman–Crippen MR) is 353 cm³/mol. The normalized spacial score (nSPS) is 13.0. The standard InChI is InChI=1S/C77H86N5O.Pt/c1-71(2,3)49-26-28-65-61(42-49)62-44-55(77(19,20)21)43-60(69(62)81(65)57-38-51(73(7,8)9)36-52(39-57)74(10,11)12)46-30-31-79-64(35-46)48-32-47(33-50(34-48)72(4,5)6)59-24-23-25-66-68(59)80-70(63-45-56(78-22)27-29-67(63)83)82(66)58-40-53(75(13,14)15)37-54(41-58)76(16,17)18;/h23-31,33-45,83H,1-21H3;/q-1;. The van der Waals surface area contributed by atoms with Crippen LogP contribution in [-0.2, 0) is 59.0 Å². The molecular weight excluding hydrogens is 1210 g/mol. The molecule has 0 radical (unpaired) electrons. The number of rotatable bonds is 6. The van der Waals surface area contributed by atoms with Crippen molar-refractivity contribution < 1.29 is 26.2 Å². The number of aromatic nitrogens is 4. The van der Waals surface area contributed by atoms with Gasteiger partial charge in [-0.2, -0.15) is 0 Å². The summed E-state index contributed by atoms with van der Waals surface area (Å²) in [7, 11) is 0. The quantitative estimate of drug-likeness (QED) is 0.169. The van der Waals surface area contributed by atoms with E-state index in [9.17, 15) is 5.11 Å². The van der Waals surface area contributed by atoms with Crippen molar-refractivity contribution in [2.45, 2.75) is 183 Å². The molecule has 3 heterocycles. The van der Waals surface area contributed by atoms with Crippen LogP contribution in [0.4, 0.5) is 5.69 Å². The fourth-order valence-corrected chi connectivity index (χ4v) is 11.3. The number of pyridine rings is 1. The zero-order valence-electron chi connectivity index (χ0n) is 53.7. The van der Waals surface area contributed by atoms with Gasteiger partial charge in [0.25, 0.3) is 0 Å². The van der Waals surface area contributed by atoms with Gasteiger partial charge < -0.3 is 9.67 Å². The van der Waals surface area contributed by atoms with Crippen molar-refractivity contribution in [2.24, 2.45) is 0 Å². The molecule has 0 saturated carbocycles. The van der Waals surface area contributed by atoms with Crippen LogP contribution in [0.2, 0.25) is 0 Å². The van der Waals surface area contributed by atoms with Crippen LogP contribution >= 0.6 is 0 Å². The van der Waals surface area contributed by atoms with Gasteiger partial charge in [-0.05, 0) is 150 Å². The van der Waals surface area contributed by atoms with Gasteiger partial charge in [0, 0.05) is 66.2 Å². The molecule has 1 N–H and O–H groups in total. The molecule has 0 unspecified atom stereocenters. The Morgan fingerprint density at radius 1 is 0.440 bits per heavy atom. The molecule has 7 heteroatoms. The minimum Gasteiger partial charge on any atom is -0.507 e. The van der Waals surface area contributed by atoms with E-state index in [1.807, 2.05) is 6.20 Å². The largest absolute Gasteiger partial charge is 0.507 e. The van der Waals surface area contributed by atoms with Crippen LogP contribution in [0.5, 0.6) is 5.75 Å². The number of phenolic OH excluding ortho intramolecular Hbond substituents is 1. The molecule has 0 aliphatic heterocycles. The molecule has 0 spiro atoms. The first-order valence-corrected chi connectivity index (χ1v) is 29.6. The summed E-state index contributed by atoms with van der Waals surface area (Å²) in [6.45, 7) is 56.0. The van der Waals surface area contributed by atoms with E-state index in [0.717, 1.165) is 61.5 Å². The van der Waals surface area contributed by atoms with E-state index in [1.165, 1.54) is 55.2 Å². The van der Waals surface area contributed by atoms with E-state index in [0.29, 0.717) is 17.1 Å². The first-order valence-electron chi connectivity index (χ1n) is 29.6. The number of imidazole rings is 1. The average molecular weight is 1290 g/mol. The minimum absolute atomic E-state index is 0. The number of nitrogens with zero attached hydrogens (tertiary/aromatic N) is 5. The van der Waals surface area contributed by atoms with Crippen LogP contribution in [0.3, 0.4) is 0 Å². The molecule has 0 aliphatic carbocycles. The van der Waals surface area contributed by atoms with Crippen molar-refractivity contribution in [3.8, 4) is 62.0 Å². The molecule has 0 saturated heterocycles. The molecule has 6 nitrogen and oxygen atoms in total. The third-order valence-corrected chi connectivity index (χ3v) is 16.8. The van der Waals surface area contributed by atoms with Crippen molar-refractivity contribution >= 4 is 38.5 Å². The van der Waals surface area contributed by atoms with E-state index in [4.69, 9.17) is 16.5 Å². The Hall–Kier alpha value is -7.06. The molecule has 0 atom stereocenters. The van der Waals surface area contributed by atoms with Crippen LogP contribution < -0.4 is 0 Å². The molecule has 436 valence electrons. The zero-order chi connectivity index (χ0) is 60.5. The molecule has 0 bridgehead atoms. The van der Waals surface area contributed by atoms with Gasteiger partial charge in [0.05, 0.1) is 28.6 Å². The Labute approximate surface area is 515 Å². The number of hydrogen-bond acceptors (Lipinski definition) is 3. The molecule has 10 aromatic rings. The second-order valence-corrected chi connectivity index (χ2v) is 30.7. The summed E-state index contributed by atoms with van der Waals surface area (Å²) in [4.78, 5) is 14.5. The maximum absolute atomic E-state index is 11.7. The molecule has 0 amide bonds. The summed E-state index contributed by atoms with van der Waals surface area (Å²) < 4.78 is 4.72. The van der Waals surface area contributed by atoms with E-state index in [-0.39, 0.29) is 64.7 Å². The van der Waals surface area contributed by atoms with Gasteiger partial charge in [-0.25, -0.2) is 9.83 Å². The van der Waals surface area contributed by atoms with E-state index in [2.05, 4.69) is 275 Å². The van der Waals surface area contributed by atoms with Crippen LogP contribution in [0.25, 0.3) is 94.0 Å². The van der Waals surface area contributed by atoms with Gasteiger partial charge in [0.1, 0.15) is 11.6 Å². The molecule has 3 aromatic heterocycles. The summed E-state index contributed by atoms with van der Waals surface area (Å²) in [5, 5.41) is 14.2. The van der Waals surface area contributed by atoms with Crippen molar-refractivity contribution in [1.29, 1.82) is 0 Å². The Bertz CT molecular complexity index is 4190. The number of benzene rings is 7. The van der Waals surface area contributed by atoms with E-state index >= 15 is 0 Å². The van der Waals surface area contributed by atoms with Crippen molar-refractivity contribution in [1.82, 2.24) is 19.1 Å². The van der Waals surface area contributed by atoms with E-state index < -0.39 is 0 Å². The van der Waals surface area contributed by atoms with Crippen molar-refractivity contribution in [3.05, 3.63) is 190 Å². The second-order valence-electron chi connectivity index (χ2n) is 30.7. The fourth-order valence-electron chi connectivity index (χ4n) is 11.3. The maximum Gasteiger partial charge on any atom is 0.188 e. The Kier molecular flexibility index (Phi) is 15.5. The minimum atomic E-state index is -0.245. The van der Waals surface area contributed by atoms with Gasteiger partial charge >= 0.3 is 0 Å². The molecule has 10 rings (SSSR count). The predicted octanol–water partition coefficient (Wildman–Crippen LogP) is 21.3. The summed E-state index contributed by atoms with van der Waals surface area (Å²) in [5.74, 6) is 0.611. The first-order chi connectivity index (χ1) is 38.4. The number of phenols is 1. The molecule has 0 fully saturated rings. The molecular formula is C77H86N5OPt-. The van der Waals surface area contributed by atoms with Crippen LogP contribution in [-0.4, -0.2) is 24.2 Å². The van der Waals surface area contributed by atoms with Crippen LogP contribution in [0.15, 0.2) is 134 Å². The van der Waals surface area contributed by atoms with Gasteiger partial charge in [0.2, 0.25) is 0 Å². The number of para-hydroxylation sites is 1. The zero-order valence-corrected chi connectivity index (χ0v) is 56.0. The summed E-state index contributed by atoms with van der Waals surface area (Å²) in [5.41, 5.74) is 20.5. The summed E-state index contributed by atoms with van der Waals surface area (Å²) in [6, 6.07) is 50.4. The summed E-state index contributed by atoms with van der Waals surface area (Å²) >= 11 is 0. The van der Waals surface area contributed by atoms with Gasteiger partial charge in [-0.3, -0.25) is 9.55 Å². The SMILES string of the molecule is [C-]#[N+]c1ccc(O)c(-c2nc3c(-c4[c-]c(-c5cc(-c6cc(C(C)(C)C)cc7c8cc(C(C)(C)C)ccc8n(-c8cc(C(C)(C)C)cc(C(C)(C)C)c8)c67)ccn5)cc(C(C)(C)C)c4)cccc3n2-c2cc(C(C)(C)C)cc(C(C)(C)C)c2)c1.[Pt]. The van der Waals surface area contributed by atoms with Gasteiger partial charge in [-0.1, -0.05) is 199 Å². The first kappa shape index (κ1) is 61.5. The second kappa shape index (κ2) is 21.2. The summed E-state index contributed by atoms with van der Waals surface area (Å²) in [6.07, 6.45) is 1.97. The Morgan fingerprint density at radius 2 is 0.940 bits per heavy atom. The average Bonchev–Trinajstić information content (AvgIpc) is 3.13. The number of fused-ring (bicyclic) bond motifs is 4. The number of hydrogen-bond donors (Lipinski definition) is 1. The number of aromatic hydroxyl groups is 1. The topological polar surface area (TPSA) is 60.2 Å². The Morgan fingerprint density at radius 3 is 1.48 bits per heavy atom. The maximum atomic E-state index is 11.7. The Balaban J connectivity index is 0.00000846. The fraction of sp³-hybridized carbons (Fsp3) is 0.364. The van der Waals surface area contributed by atoms with E-state index in [1.54, 1.807) is 18.2 Å². The molecule has 7 aromatic carbocycles. The third kappa shape index (κ3) is 11.7. The van der Waals surface area contributed by atoms with Gasteiger partial charge in [0.15, 0.2) is 5.69 Å². The van der Waals surface area contributed by atoms with Gasteiger partial charge in [-0.15, -0.1) is 29.3 Å². The monoisotopic (exact) mass is 1290 g/mol. The van der Waals surface area contributed by atoms with Crippen LogP contribution in [0.1, 0.15) is 184 Å². The molecule has 0 aliphatic rings. The van der Waals surface area contributed by atoms with Crippen LogP contribution in [0, 0.1) is 12.6 Å². The molecule has 84 heavy (non-hydrogen) atoms. The smallest absolute Gasteiger partial charge is 0.188 e. The van der Waals surface area contributed by atoms with Crippen molar-refractivity contribution in [2.75, 3.05) is 0 Å².